The highest BCUT2D eigenvalue weighted by atomic mass is 19.3. The van der Waals surface area contributed by atoms with E-state index in [9.17, 15) is 8.78 Å². The number of nitrogens with zero attached hydrogens (tertiary/aromatic N) is 1. The third kappa shape index (κ3) is 2.10. The van der Waals surface area contributed by atoms with Gasteiger partial charge in [-0.1, -0.05) is 12.1 Å². The van der Waals surface area contributed by atoms with E-state index in [2.05, 4.69) is 10.3 Å². The molecule has 16 heavy (non-hydrogen) atoms. The second-order valence-corrected chi connectivity index (χ2v) is 3.67. The number of hydrogen-bond donors (Lipinski definition) is 1. The molecule has 1 heterocycles. The summed E-state index contributed by atoms with van der Waals surface area (Å²) in [5.74, 6) is 0. The van der Waals surface area contributed by atoms with Gasteiger partial charge in [-0.2, -0.15) is 0 Å². The smallest absolute Gasteiger partial charge is 0.258 e. The zero-order valence-electron chi connectivity index (χ0n) is 8.82. The number of benzene rings is 1. The maximum absolute atomic E-state index is 12.4. The van der Waals surface area contributed by atoms with Crippen molar-refractivity contribution in [2.75, 3.05) is 5.32 Å². The molecule has 0 saturated heterocycles. The Bertz CT molecular complexity index is 480. The number of aromatic nitrogens is 1. The van der Waals surface area contributed by atoms with E-state index < -0.39 is 12.5 Å². The van der Waals surface area contributed by atoms with Crippen molar-refractivity contribution in [3.63, 3.8) is 0 Å². The first-order chi connectivity index (χ1) is 7.68. The van der Waals surface area contributed by atoms with Gasteiger partial charge in [-0.05, 0) is 24.4 Å². The Hall–Kier alpha value is -1.71. The summed E-state index contributed by atoms with van der Waals surface area (Å²) in [5, 5.41) is 4.64. The molecular weight excluding hydrogens is 210 g/mol. The van der Waals surface area contributed by atoms with Crippen LogP contribution < -0.4 is 5.32 Å². The molecule has 0 radical (unpaired) electrons. The minimum absolute atomic E-state index is 0.693. The van der Waals surface area contributed by atoms with Gasteiger partial charge in [0.25, 0.3) is 6.43 Å². The Labute approximate surface area is 92.3 Å². The molecule has 0 amide bonds. The van der Waals surface area contributed by atoms with Crippen LogP contribution in [0.3, 0.4) is 0 Å². The molecule has 1 aromatic carbocycles. The maximum Gasteiger partial charge on any atom is 0.258 e. The Morgan fingerprint density at radius 3 is 2.81 bits per heavy atom. The van der Waals surface area contributed by atoms with Crippen molar-refractivity contribution in [2.24, 2.45) is 0 Å². The quantitative estimate of drug-likeness (QED) is 0.861. The van der Waals surface area contributed by atoms with Crippen molar-refractivity contribution in [3.05, 3.63) is 36.7 Å². The van der Waals surface area contributed by atoms with Gasteiger partial charge in [0.2, 0.25) is 0 Å². The van der Waals surface area contributed by atoms with Gasteiger partial charge in [-0.15, -0.1) is 0 Å². The van der Waals surface area contributed by atoms with Gasteiger partial charge in [0.05, 0.1) is 6.04 Å². The van der Waals surface area contributed by atoms with E-state index in [4.69, 9.17) is 0 Å². The zero-order valence-corrected chi connectivity index (χ0v) is 8.82. The van der Waals surface area contributed by atoms with Crippen LogP contribution >= 0.6 is 0 Å². The molecular formula is C12H12F2N2. The van der Waals surface area contributed by atoms with Crippen LogP contribution in [0.2, 0.25) is 0 Å². The number of halogens is 2. The molecule has 0 aliphatic rings. The minimum atomic E-state index is -2.38. The highest BCUT2D eigenvalue weighted by Crippen LogP contribution is 2.23. The topological polar surface area (TPSA) is 24.9 Å². The maximum atomic E-state index is 12.4. The van der Waals surface area contributed by atoms with Gasteiger partial charge in [0.1, 0.15) is 0 Å². The molecule has 1 aromatic heterocycles. The third-order valence-electron chi connectivity index (χ3n) is 2.44. The van der Waals surface area contributed by atoms with Crippen molar-refractivity contribution in [2.45, 2.75) is 19.4 Å². The van der Waals surface area contributed by atoms with E-state index in [1.54, 1.807) is 18.5 Å². The molecule has 0 aliphatic carbocycles. The first-order valence-corrected chi connectivity index (χ1v) is 5.06. The molecule has 0 saturated carbocycles. The van der Waals surface area contributed by atoms with Crippen LogP contribution in [-0.2, 0) is 0 Å². The highest BCUT2D eigenvalue weighted by molar-refractivity contribution is 5.93. The molecule has 0 fully saturated rings. The predicted molar refractivity (Wildman–Crippen MR) is 60.8 cm³/mol. The molecule has 1 atom stereocenters. The van der Waals surface area contributed by atoms with E-state index in [1.807, 2.05) is 18.2 Å². The fraction of sp³-hybridized carbons (Fsp3) is 0.250. The average Bonchev–Trinajstić information content (AvgIpc) is 2.29. The van der Waals surface area contributed by atoms with Crippen molar-refractivity contribution in [1.29, 1.82) is 0 Å². The van der Waals surface area contributed by atoms with Crippen LogP contribution in [-0.4, -0.2) is 17.5 Å². The average molecular weight is 222 g/mol. The standard InChI is InChI=1S/C12H12F2N2/c1-8(12(13)14)16-11-4-2-3-9-5-6-15-7-10(9)11/h2-8,12,16H,1H3. The second-order valence-electron chi connectivity index (χ2n) is 3.67. The minimum Gasteiger partial charge on any atom is -0.376 e. The highest BCUT2D eigenvalue weighted by Gasteiger charge is 2.14. The van der Waals surface area contributed by atoms with Crippen LogP contribution in [0.15, 0.2) is 36.7 Å². The Kier molecular flexibility index (Phi) is 2.99. The van der Waals surface area contributed by atoms with Crippen molar-refractivity contribution >= 4 is 16.5 Å². The van der Waals surface area contributed by atoms with Crippen LogP contribution in [0.5, 0.6) is 0 Å². The van der Waals surface area contributed by atoms with Crippen LogP contribution in [0.4, 0.5) is 14.5 Å². The fourth-order valence-corrected chi connectivity index (χ4v) is 1.55. The van der Waals surface area contributed by atoms with Gasteiger partial charge < -0.3 is 5.32 Å². The lowest BCUT2D eigenvalue weighted by atomic mass is 10.1. The third-order valence-corrected chi connectivity index (χ3v) is 2.44. The van der Waals surface area contributed by atoms with E-state index >= 15 is 0 Å². The lowest BCUT2D eigenvalue weighted by Gasteiger charge is -2.15. The summed E-state index contributed by atoms with van der Waals surface area (Å²) in [6, 6.07) is 6.53. The Morgan fingerprint density at radius 2 is 2.06 bits per heavy atom. The van der Waals surface area contributed by atoms with E-state index in [-0.39, 0.29) is 0 Å². The Morgan fingerprint density at radius 1 is 1.25 bits per heavy atom. The molecule has 2 nitrogen and oxygen atoms in total. The fourth-order valence-electron chi connectivity index (χ4n) is 1.55. The van der Waals surface area contributed by atoms with Gasteiger partial charge in [-0.25, -0.2) is 8.78 Å². The molecule has 2 aromatic rings. The van der Waals surface area contributed by atoms with Crippen LogP contribution in [0.1, 0.15) is 6.92 Å². The largest absolute Gasteiger partial charge is 0.376 e. The molecule has 4 heteroatoms. The summed E-state index contributed by atoms with van der Waals surface area (Å²) >= 11 is 0. The summed E-state index contributed by atoms with van der Waals surface area (Å²) in [7, 11) is 0. The zero-order chi connectivity index (χ0) is 11.5. The van der Waals surface area contributed by atoms with Crippen LogP contribution in [0.25, 0.3) is 10.8 Å². The summed E-state index contributed by atoms with van der Waals surface area (Å²) < 4.78 is 24.9. The lowest BCUT2D eigenvalue weighted by Crippen LogP contribution is -2.23. The number of nitrogens with one attached hydrogen (secondary N) is 1. The van der Waals surface area contributed by atoms with E-state index in [1.165, 1.54) is 6.92 Å². The van der Waals surface area contributed by atoms with E-state index in [0.29, 0.717) is 5.69 Å². The summed E-state index contributed by atoms with van der Waals surface area (Å²) in [6.07, 6.45) is 0.977. The predicted octanol–water partition coefficient (Wildman–Crippen LogP) is 3.30. The van der Waals surface area contributed by atoms with Gasteiger partial charge in [0.15, 0.2) is 0 Å². The van der Waals surface area contributed by atoms with Crippen molar-refractivity contribution < 1.29 is 8.78 Å². The number of hydrogen-bond acceptors (Lipinski definition) is 2. The normalized spacial score (nSPS) is 13.0. The molecule has 0 aliphatic heterocycles. The number of alkyl halides is 2. The molecule has 1 N–H and O–H groups in total. The number of pyridine rings is 1. The van der Waals surface area contributed by atoms with Crippen LogP contribution in [0, 0.1) is 0 Å². The van der Waals surface area contributed by atoms with E-state index in [0.717, 1.165) is 10.8 Å². The SMILES string of the molecule is CC(Nc1cccc2ccncc12)C(F)F. The van der Waals surface area contributed by atoms with Crippen molar-refractivity contribution in [1.82, 2.24) is 4.98 Å². The lowest BCUT2D eigenvalue weighted by molar-refractivity contribution is 0.131. The second kappa shape index (κ2) is 4.43. The molecule has 2 rings (SSSR count). The first kappa shape index (κ1) is 10.8. The first-order valence-electron chi connectivity index (χ1n) is 5.06. The van der Waals surface area contributed by atoms with Crippen molar-refractivity contribution in [3.8, 4) is 0 Å². The summed E-state index contributed by atoms with van der Waals surface area (Å²) in [4.78, 5) is 4.00. The molecule has 84 valence electrons. The molecule has 0 bridgehead atoms. The monoisotopic (exact) mass is 222 g/mol. The number of rotatable bonds is 3. The summed E-state index contributed by atoms with van der Waals surface area (Å²) in [5.41, 5.74) is 0.693. The number of fused-ring (bicyclic) bond motifs is 1. The Balaban J connectivity index is 2.37. The molecule has 0 spiro atoms. The number of anilines is 1. The molecule has 1 unspecified atom stereocenters. The van der Waals surface area contributed by atoms with Gasteiger partial charge in [-0.3, -0.25) is 4.98 Å². The summed E-state index contributed by atoms with van der Waals surface area (Å²) in [6.45, 7) is 1.46. The van der Waals surface area contributed by atoms with Gasteiger partial charge in [0, 0.05) is 23.5 Å². The van der Waals surface area contributed by atoms with Gasteiger partial charge >= 0.3 is 0 Å².